The second kappa shape index (κ2) is 12.3. The van der Waals surface area contributed by atoms with E-state index in [1.165, 1.54) is 5.56 Å². The lowest BCUT2D eigenvalue weighted by Gasteiger charge is -2.22. The van der Waals surface area contributed by atoms with Gasteiger partial charge in [0.1, 0.15) is 5.52 Å². The van der Waals surface area contributed by atoms with E-state index in [0.29, 0.717) is 36.8 Å². The molecule has 6 nitrogen and oxygen atoms in total. The number of para-hydroxylation sites is 2. The zero-order valence-electron chi connectivity index (χ0n) is 21.7. The lowest BCUT2D eigenvalue weighted by molar-refractivity contribution is -0.143. The normalized spacial score (nSPS) is 12.0. The summed E-state index contributed by atoms with van der Waals surface area (Å²) in [5.74, 6) is 0.885. The molecule has 4 rings (SSSR count). The van der Waals surface area contributed by atoms with Crippen LogP contribution in [-0.4, -0.2) is 23.3 Å². The quantitative estimate of drug-likeness (QED) is 0.160. The standard InChI is InChI=1S/C31H34N2O4/c1-4-36-30(35)11-7-9-28(34)23-16-18-25(19-17-23)32-27(20-21(2)3)22-12-14-24(15-13-22)31-33-26-8-5-6-10-29(26)37-31/h5-6,8,10,12-19,21,27,32H,4,7,9,11,20H2,1-3H3/t27-/m1/s1. The van der Waals surface area contributed by atoms with Crippen molar-refractivity contribution in [1.29, 1.82) is 0 Å². The smallest absolute Gasteiger partial charge is 0.305 e. The molecule has 192 valence electrons. The first-order chi connectivity index (χ1) is 17.9. The molecular formula is C31H34N2O4. The predicted molar refractivity (Wildman–Crippen MR) is 147 cm³/mol. The van der Waals surface area contributed by atoms with Gasteiger partial charge in [-0.3, -0.25) is 9.59 Å². The van der Waals surface area contributed by atoms with Crippen LogP contribution in [-0.2, 0) is 9.53 Å². The lowest BCUT2D eigenvalue weighted by Crippen LogP contribution is -2.13. The topological polar surface area (TPSA) is 81.4 Å². The number of Topliss-reactive ketones (excluding diaryl/α,β-unsaturated/α-hetero) is 1. The Morgan fingerprint density at radius 3 is 2.35 bits per heavy atom. The monoisotopic (exact) mass is 498 g/mol. The molecule has 1 aromatic heterocycles. The first-order valence-electron chi connectivity index (χ1n) is 12.9. The van der Waals surface area contributed by atoms with Gasteiger partial charge in [0, 0.05) is 29.7 Å². The largest absolute Gasteiger partial charge is 0.466 e. The van der Waals surface area contributed by atoms with Crippen LogP contribution in [0.3, 0.4) is 0 Å². The van der Waals surface area contributed by atoms with Crippen LogP contribution in [0.4, 0.5) is 5.69 Å². The van der Waals surface area contributed by atoms with E-state index in [9.17, 15) is 9.59 Å². The van der Waals surface area contributed by atoms with Crippen LogP contribution in [0.1, 0.15) is 68.4 Å². The molecule has 0 amide bonds. The average Bonchev–Trinajstić information content (AvgIpc) is 3.33. The summed E-state index contributed by atoms with van der Waals surface area (Å²) < 4.78 is 10.8. The van der Waals surface area contributed by atoms with Gasteiger partial charge < -0.3 is 14.5 Å². The molecule has 0 unspecified atom stereocenters. The Morgan fingerprint density at radius 1 is 0.946 bits per heavy atom. The van der Waals surface area contributed by atoms with Crippen molar-refractivity contribution in [1.82, 2.24) is 4.98 Å². The number of anilines is 1. The molecule has 0 saturated heterocycles. The fraction of sp³-hybridized carbons (Fsp3) is 0.323. The van der Waals surface area contributed by atoms with Gasteiger partial charge in [-0.1, -0.05) is 38.1 Å². The van der Waals surface area contributed by atoms with Crippen LogP contribution in [0.15, 0.2) is 77.2 Å². The first kappa shape index (κ1) is 26.1. The minimum absolute atomic E-state index is 0.0318. The molecule has 3 aromatic carbocycles. The number of fused-ring (bicyclic) bond motifs is 1. The van der Waals surface area contributed by atoms with E-state index in [0.717, 1.165) is 28.8 Å². The number of rotatable bonds is 12. The predicted octanol–water partition coefficient (Wildman–Crippen LogP) is 7.61. The Hall–Kier alpha value is -3.93. The number of hydrogen-bond acceptors (Lipinski definition) is 6. The Balaban J connectivity index is 1.41. The highest BCUT2D eigenvalue weighted by molar-refractivity contribution is 5.96. The van der Waals surface area contributed by atoms with Crippen molar-refractivity contribution in [3.63, 3.8) is 0 Å². The van der Waals surface area contributed by atoms with Gasteiger partial charge >= 0.3 is 5.97 Å². The number of ketones is 1. The molecule has 0 saturated carbocycles. The molecule has 4 aromatic rings. The van der Waals surface area contributed by atoms with Crippen molar-refractivity contribution in [3.8, 4) is 11.5 Å². The van der Waals surface area contributed by atoms with Crippen LogP contribution in [0.25, 0.3) is 22.6 Å². The lowest BCUT2D eigenvalue weighted by atomic mass is 9.95. The summed E-state index contributed by atoms with van der Waals surface area (Å²) >= 11 is 0. The molecule has 0 radical (unpaired) electrons. The maximum atomic E-state index is 12.5. The molecule has 0 aliphatic carbocycles. The Bertz CT molecular complexity index is 1290. The summed E-state index contributed by atoms with van der Waals surface area (Å²) in [6.45, 7) is 6.56. The third kappa shape index (κ3) is 7.06. The number of hydrogen-bond donors (Lipinski definition) is 1. The van der Waals surface area contributed by atoms with Gasteiger partial charge in [0.2, 0.25) is 5.89 Å². The fourth-order valence-electron chi connectivity index (χ4n) is 4.33. The van der Waals surface area contributed by atoms with E-state index in [1.54, 1.807) is 6.92 Å². The number of ether oxygens (including phenoxy) is 1. The number of esters is 1. The number of aromatic nitrogens is 1. The zero-order chi connectivity index (χ0) is 26.2. The van der Waals surface area contributed by atoms with E-state index in [2.05, 4.69) is 36.3 Å². The number of carbonyl (C=O) groups excluding carboxylic acids is 2. The second-order valence-electron chi connectivity index (χ2n) is 9.59. The molecule has 1 heterocycles. The van der Waals surface area contributed by atoms with E-state index in [-0.39, 0.29) is 24.2 Å². The highest BCUT2D eigenvalue weighted by atomic mass is 16.5. The van der Waals surface area contributed by atoms with Crippen LogP contribution >= 0.6 is 0 Å². The molecule has 0 aliphatic rings. The minimum atomic E-state index is -0.257. The van der Waals surface area contributed by atoms with Gasteiger partial charge in [-0.2, -0.15) is 0 Å². The molecule has 0 spiro atoms. The fourth-order valence-corrected chi connectivity index (χ4v) is 4.33. The van der Waals surface area contributed by atoms with Gasteiger partial charge in [-0.25, -0.2) is 4.98 Å². The highest BCUT2D eigenvalue weighted by Crippen LogP contribution is 2.30. The van der Waals surface area contributed by atoms with E-state index >= 15 is 0 Å². The molecule has 0 aliphatic heterocycles. The second-order valence-corrected chi connectivity index (χ2v) is 9.59. The maximum Gasteiger partial charge on any atom is 0.305 e. The first-order valence-corrected chi connectivity index (χ1v) is 12.9. The van der Waals surface area contributed by atoms with Crippen molar-refractivity contribution in [2.45, 2.75) is 52.5 Å². The Kier molecular flexibility index (Phi) is 8.72. The Morgan fingerprint density at radius 2 is 1.68 bits per heavy atom. The maximum absolute atomic E-state index is 12.5. The van der Waals surface area contributed by atoms with Gasteiger partial charge in [-0.15, -0.1) is 0 Å². The average molecular weight is 499 g/mol. The third-order valence-electron chi connectivity index (χ3n) is 6.20. The van der Waals surface area contributed by atoms with Gasteiger partial charge in [-0.05, 0) is 79.8 Å². The van der Waals surface area contributed by atoms with Crippen LogP contribution in [0.5, 0.6) is 0 Å². The van der Waals surface area contributed by atoms with E-state index in [1.807, 2.05) is 60.7 Å². The third-order valence-corrected chi connectivity index (χ3v) is 6.20. The Labute approximate surface area is 218 Å². The highest BCUT2D eigenvalue weighted by Gasteiger charge is 2.16. The van der Waals surface area contributed by atoms with E-state index in [4.69, 9.17) is 9.15 Å². The molecular weight excluding hydrogens is 464 g/mol. The molecule has 1 N–H and O–H groups in total. The van der Waals surface area contributed by atoms with Crippen LogP contribution in [0, 0.1) is 5.92 Å². The van der Waals surface area contributed by atoms with Crippen LogP contribution < -0.4 is 5.32 Å². The molecule has 6 heteroatoms. The van der Waals surface area contributed by atoms with Crippen molar-refractivity contribution in [3.05, 3.63) is 83.9 Å². The van der Waals surface area contributed by atoms with Crippen molar-refractivity contribution < 1.29 is 18.7 Å². The molecule has 0 bridgehead atoms. The number of oxazole rings is 1. The van der Waals surface area contributed by atoms with Gasteiger partial charge in [0.15, 0.2) is 11.4 Å². The minimum Gasteiger partial charge on any atom is -0.466 e. The summed E-state index contributed by atoms with van der Waals surface area (Å²) in [5.41, 5.74) is 5.35. The summed E-state index contributed by atoms with van der Waals surface area (Å²) in [5, 5.41) is 3.63. The number of benzene rings is 3. The number of nitrogens with zero attached hydrogens (tertiary/aromatic N) is 1. The number of nitrogens with one attached hydrogen (secondary N) is 1. The number of carbonyl (C=O) groups is 2. The van der Waals surface area contributed by atoms with Gasteiger partial charge in [0.05, 0.1) is 12.6 Å². The molecule has 0 fully saturated rings. The van der Waals surface area contributed by atoms with Crippen molar-refractivity contribution in [2.75, 3.05) is 11.9 Å². The summed E-state index contributed by atoms with van der Waals surface area (Å²) in [6.07, 6.45) is 2.04. The summed E-state index contributed by atoms with van der Waals surface area (Å²) in [7, 11) is 0. The molecule has 1 atom stereocenters. The van der Waals surface area contributed by atoms with Crippen LogP contribution in [0.2, 0.25) is 0 Å². The van der Waals surface area contributed by atoms with E-state index < -0.39 is 0 Å². The van der Waals surface area contributed by atoms with Gasteiger partial charge in [0.25, 0.3) is 0 Å². The zero-order valence-corrected chi connectivity index (χ0v) is 21.7. The summed E-state index contributed by atoms with van der Waals surface area (Å²) in [4.78, 5) is 28.6. The summed E-state index contributed by atoms with van der Waals surface area (Å²) in [6, 6.07) is 23.8. The van der Waals surface area contributed by atoms with Crippen molar-refractivity contribution >= 4 is 28.5 Å². The van der Waals surface area contributed by atoms with Crippen molar-refractivity contribution in [2.24, 2.45) is 5.92 Å². The SMILES string of the molecule is CCOC(=O)CCCC(=O)c1ccc(N[C@H](CC(C)C)c2ccc(-c3nc4ccccc4o3)cc2)cc1. The molecule has 37 heavy (non-hydrogen) atoms.